The van der Waals surface area contributed by atoms with Crippen molar-refractivity contribution in [1.29, 1.82) is 0 Å². The van der Waals surface area contributed by atoms with Gasteiger partial charge in [0.1, 0.15) is 0 Å². The van der Waals surface area contributed by atoms with E-state index in [4.69, 9.17) is 0 Å². The van der Waals surface area contributed by atoms with E-state index in [1.165, 1.54) is 10.2 Å². The standard InChI is InChI=1S/C11H13BrN2/c1-9-11-5-2-4-10(12)8-14(11)7-3-6-13-9/h3-6H,2,7-8H2,1H3. The summed E-state index contributed by atoms with van der Waals surface area (Å²) < 4.78 is 1.26. The summed E-state index contributed by atoms with van der Waals surface area (Å²) in [4.78, 5) is 6.69. The summed E-state index contributed by atoms with van der Waals surface area (Å²) in [6.45, 7) is 3.95. The zero-order chi connectivity index (χ0) is 9.97. The van der Waals surface area contributed by atoms with Crippen LogP contribution >= 0.6 is 15.9 Å². The minimum atomic E-state index is 0.940. The molecule has 0 unspecified atom stereocenters. The highest BCUT2D eigenvalue weighted by molar-refractivity contribution is 9.11. The molecule has 0 aromatic rings. The van der Waals surface area contributed by atoms with Gasteiger partial charge in [-0.3, -0.25) is 4.99 Å². The first-order valence-electron chi connectivity index (χ1n) is 4.77. The van der Waals surface area contributed by atoms with E-state index in [1.807, 2.05) is 6.20 Å². The molecule has 2 aliphatic rings. The van der Waals surface area contributed by atoms with Gasteiger partial charge < -0.3 is 4.90 Å². The number of rotatable bonds is 0. The fourth-order valence-corrected chi connectivity index (χ4v) is 2.19. The molecule has 2 heterocycles. The lowest BCUT2D eigenvalue weighted by Crippen LogP contribution is -2.26. The van der Waals surface area contributed by atoms with Crippen LogP contribution in [0.3, 0.4) is 0 Å². The van der Waals surface area contributed by atoms with Crippen LogP contribution in [0.1, 0.15) is 13.3 Å². The molecule has 14 heavy (non-hydrogen) atoms. The summed E-state index contributed by atoms with van der Waals surface area (Å²) in [5.41, 5.74) is 2.37. The summed E-state index contributed by atoms with van der Waals surface area (Å²) in [6, 6.07) is 0. The SMILES string of the molecule is CC1=NC=CCN2CC(Br)=CCC=C12. The smallest absolute Gasteiger partial charge is 0.0602 e. The minimum absolute atomic E-state index is 0.940. The third-order valence-electron chi connectivity index (χ3n) is 2.40. The number of halogens is 1. The molecule has 0 atom stereocenters. The van der Waals surface area contributed by atoms with Crippen molar-refractivity contribution in [3.8, 4) is 0 Å². The van der Waals surface area contributed by atoms with Gasteiger partial charge in [-0.2, -0.15) is 0 Å². The Morgan fingerprint density at radius 3 is 3.14 bits per heavy atom. The Hall–Kier alpha value is -0.830. The van der Waals surface area contributed by atoms with Gasteiger partial charge >= 0.3 is 0 Å². The van der Waals surface area contributed by atoms with E-state index in [2.05, 4.69) is 51.0 Å². The Balaban J connectivity index is 2.31. The maximum Gasteiger partial charge on any atom is 0.0602 e. The van der Waals surface area contributed by atoms with Crippen LogP contribution in [0.4, 0.5) is 0 Å². The largest absolute Gasteiger partial charge is 0.362 e. The molecule has 0 aromatic carbocycles. The van der Waals surface area contributed by atoms with Gasteiger partial charge in [-0.1, -0.05) is 28.1 Å². The molecule has 0 aliphatic carbocycles. The number of hydrogen-bond acceptors (Lipinski definition) is 2. The van der Waals surface area contributed by atoms with E-state index >= 15 is 0 Å². The molecule has 0 amide bonds. The van der Waals surface area contributed by atoms with E-state index < -0.39 is 0 Å². The lowest BCUT2D eigenvalue weighted by molar-refractivity contribution is 0.442. The lowest BCUT2D eigenvalue weighted by Gasteiger charge is -2.23. The molecule has 2 nitrogen and oxygen atoms in total. The van der Waals surface area contributed by atoms with Gasteiger partial charge in [-0.15, -0.1) is 0 Å². The Morgan fingerprint density at radius 1 is 1.43 bits per heavy atom. The van der Waals surface area contributed by atoms with Crippen LogP contribution in [-0.2, 0) is 0 Å². The Bertz CT molecular complexity index is 350. The molecule has 0 saturated heterocycles. The second-order valence-corrected chi connectivity index (χ2v) is 4.47. The van der Waals surface area contributed by atoms with Crippen LogP contribution in [0, 0.1) is 0 Å². The van der Waals surface area contributed by atoms with Crippen LogP contribution in [0.5, 0.6) is 0 Å². The Labute approximate surface area is 92.8 Å². The average Bonchev–Trinajstić information content (AvgIpc) is 2.41. The molecule has 0 N–H and O–H groups in total. The lowest BCUT2D eigenvalue weighted by atomic mass is 10.2. The monoisotopic (exact) mass is 252 g/mol. The average molecular weight is 253 g/mol. The van der Waals surface area contributed by atoms with E-state index in [-0.39, 0.29) is 0 Å². The highest BCUT2D eigenvalue weighted by Gasteiger charge is 2.15. The van der Waals surface area contributed by atoms with Crippen LogP contribution in [0.15, 0.2) is 39.6 Å². The number of fused-ring (bicyclic) bond motifs is 1. The normalized spacial score (nSPS) is 21.6. The fraction of sp³-hybridized carbons (Fsp3) is 0.364. The van der Waals surface area contributed by atoms with Crippen LogP contribution < -0.4 is 0 Å². The molecule has 3 heteroatoms. The zero-order valence-electron chi connectivity index (χ0n) is 8.20. The van der Waals surface area contributed by atoms with E-state index in [0.717, 1.165) is 25.2 Å². The van der Waals surface area contributed by atoms with Gasteiger partial charge in [0, 0.05) is 23.8 Å². The molecule has 0 bridgehead atoms. The third kappa shape index (κ3) is 1.98. The number of aliphatic imine (C=N–C) groups is 1. The zero-order valence-corrected chi connectivity index (χ0v) is 9.79. The van der Waals surface area contributed by atoms with Gasteiger partial charge in [0.25, 0.3) is 0 Å². The summed E-state index contributed by atoms with van der Waals surface area (Å²) in [5.74, 6) is 0. The molecule has 0 spiro atoms. The second kappa shape index (κ2) is 4.13. The minimum Gasteiger partial charge on any atom is -0.362 e. The molecular formula is C11H13BrN2. The second-order valence-electron chi connectivity index (χ2n) is 3.46. The summed E-state index contributed by atoms with van der Waals surface area (Å²) in [5, 5.41) is 0. The van der Waals surface area contributed by atoms with Crippen molar-refractivity contribution < 1.29 is 0 Å². The molecule has 0 radical (unpaired) electrons. The number of nitrogens with zero attached hydrogens (tertiary/aromatic N) is 2. The summed E-state index contributed by atoms with van der Waals surface area (Å²) in [6.07, 6.45) is 9.41. The molecule has 2 rings (SSSR count). The van der Waals surface area contributed by atoms with Gasteiger partial charge in [0.2, 0.25) is 0 Å². The molecule has 0 aromatic heterocycles. The molecule has 74 valence electrons. The van der Waals surface area contributed by atoms with Crippen molar-refractivity contribution >= 4 is 21.6 Å². The molecule has 0 fully saturated rings. The van der Waals surface area contributed by atoms with E-state index in [0.29, 0.717) is 0 Å². The van der Waals surface area contributed by atoms with Gasteiger partial charge in [-0.25, -0.2) is 0 Å². The maximum absolute atomic E-state index is 4.36. The van der Waals surface area contributed by atoms with Crippen molar-refractivity contribution in [2.45, 2.75) is 13.3 Å². The van der Waals surface area contributed by atoms with Crippen molar-refractivity contribution in [3.63, 3.8) is 0 Å². The Kier molecular flexibility index (Phi) is 2.87. The van der Waals surface area contributed by atoms with Crippen LogP contribution in [0.25, 0.3) is 0 Å². The highest BCUT2D eigenvalue weighted by Crippen LogP contribution is 2.20. The first-order chi connectivity index (χ1) is 6.77. The molecule has 2 aliphatic heterocycles. The third-order valence-corrected chi connectivity index (χ3v) is 2.98. The Morgan fingerprint density at radius 2 is 2.29 bits per heavy atom. The predicted octanol–water partition coefficient (Wildman–Crippen LogP) is 2.84. The van der Waals surface area contributed by atoms with Crippen molar-refractivity contribution in [2.24, 2.45) is 4.99 Å². The van der Waals surface area contributed by atoms with E-state index in [1.54, 1.807) is 0 Å². The number of allylic oxidation sites excluding steroid dienone is 3. The van der Waals surface area contributed by atoms with Crippen LogP contribution in [-0.4, -0.2) is 23.7 Å². The van der Waals surface area contributed by atoms with Crippen molar-refractivity contribution in [2.75, 3.05) is 13.1 Å². The van der Waals surface area contributed by atoms with Crippen molar-refractivity contribution in [3.05, 3.63) is 34.6 Å². The van der Waals surface area contributed by atoms with Gasteiger partial charge in [0.15, 0.2) is 0 Å². The quantitative estimate of drug-likeness (QED) is 0.648. The van der Waals surface area contributed by atoms with E-state index in [9.17, 15) is 0 Å². The number of hydrogen-bond donors (Lipinski definition) is 0. The fourth-order valence-electron chi connectivity index (χ4n) is 1.70. The van der Waals surface area contributed by atoms with Crippen molar-refractivity contribution in [1.82, 2.24) is 4.90 Å². The predicted molar refractivity (Wildman–Crippen MR) is 63.5 cm³/mol. The van der Waals surface area contributed by atoms with Crippen LogP contribution in [0.2, 0.25) is 0 Å². The molecular weight excluding hydrogens is 240 g/mol. The van der Waals surface area contributed by atoms with Gasteiger partial charge in [0.05, 0.1) is 11.4 Å². The van der Waals surface area contributed by atoms with Gasteiger partial charge in [-0.05, 0) is 19.4 Å². The summed E-state index contributed by atoms with van der Waals surface area (Å²) >= 11 is 3.57. The first kappa shape index (κ1) is 9.71. The maximum atomic E-state index is 4.36. The first-order valence-corrected chi connectivity index (χ1v) is 5.56. The summed E-state index contributed by atoms with van der Waals surface area (Å²) in [7, 11) is 0. The topological polar surface area (TPSA) is 15.6 Å². The highest BCUT2D eigenvalue weighted by atomic mass is 79.9. The molecule has 0 saturated carbocycles.